The van der Waals surface area contributed by atoms with E-state index < -0.39 is 11.7 Å². The van der Waals surface area contributed by atoms with E-state index >= 15 is 0 Å². The Morgan fingerprint density at radius 3 is 2.52 bits per heavy atom. The number of hydrogen-bond donors (Lipinski definition) is 1. The molecule has 1 unspecified atom stereocenters. The summed E-state index contributed by atoms with van der Waals surface area (Å²) < 4.78 is 43.0. The minimum Gasteiger partial charge on any atom is -0.484 e. The van der Waals surface area contributed by atoms with Gasteiger partial charge in [-0.1, -0.05) is 36.4 Å². The summed E-state index contributed by atoms with van der Waals surface area (Å²) in [5.74, 6) is -0.347. The maximum Gasteiger partial charge on any atom is 0.416 e. The standard InChI is InChI=1S/C19H20F3NO2/c1-14(10-11-15-6-3-2-4-7-15)23-18(24)13-25-17-9-5-8-16(12-17)19(20,21)22/h2-9,12,14H,10-11,13H2,1H3,(H,23,24). The average Bonchev–Trinajstić information content (AvgIpc) is 2.59. The maximum absolute atomic E-state index is 12.6. The van der Waals surface area contributed by atoms with Crippen LogP contribution in [0.25, 0.3) is 0 Å². The summed E-state index contributed by atoms with van der Waals surface area (Å²) in [7, 11) is 0. The van der Waals surface area contributed by atoms with Crippen molar-refractivity contribution in [1.29, 1.82) is 0 Å². The lowest BCUT2D eigenvalue weighted by Crippen LogP contribution is -2.36. The smallest absolute Gasteiger partial charge is 0.416 e. The van der Waals surface area contributed by atoms with Crippen molar-refractivity contribution in [3.05, 3.63) is 65.7 Å². The number of amides is 1. The third kappa shape index (κ3) is 6.49. The topological polar surface area (TPSA) is 38.3 Å². The van der Waals surface area contributed by atoms with Crippen LogP contribution < -0.4 is 10.1 Å². The van der Waals surface area contributed by atoms with Crippen LogP contribution in [0, 0.1) is 0 Å². The summed E-state index contributed by atoms with van der Waals surface area (Å²) in [6.45, 7) is 1.56. The molecule has 0 saturated carbocycles. The molecule has 0 spiro atoms. The molecule has 2 rings (SSSR count). The van der Waals surface area contributed by atoms with Gasteiger partial charge >= 0.3 is 6.18 Å². The largest absolute Gasteiger partial charge is 0.484 e. The first-order chi connectivity index (χ1) is 11.8. The van der Waals surface area contributed by atoms with Crippen LogP contribution in [0.3, 0.4) is 0 Å². The van der Waals surface area contributed by atoms with Gasteiger partial charge in [-0.25, -0.2) is 0 Å². The third-order valence-corrected chi connectivity index (χ3v) is 3.65. The minimum atomic E-state index is -4.44. The number of halogens is 3. The van der Waals surface area contributed by atoms with Gasteiger partial charge in [0.05, 0.1) is 5.56 Å². The molecule has 1 amide bonds. The molecule has 0 aliphatic heterocycles. The van der Waals surface area contributed by atoms with Gasteiger partial charge in [0, 0.05) is 6.04 Å². The molecule has 0 aliphatic carbocycles. The van der Waals surface area contributed by atoms with Crippen LogP contribution in [-0.2, 0) is 17.4 Å². The van der Waals surface area contributed by atoms with Crippen molar-refractivity contribution in [2.75, 3.05) is 6.61 Å². The van der Waals surface area contributed by atoms with Crippen LogP contribution in [0.5, 0.6) is 5.75 Å². The third-order valence-electron chi connectivity index (χ3n) is 3.65. The van der Waals surface area contributed by atoms with E-state index in [2.05, 4.69) is 5.32 Å². The highest BCUT2D eigenvalue weighted by Gasteiger charge is 2.30. The molecule has 1 atom stereocenters. The number of aryl methyl sites for hydroxylation is 1. The molecular formula is C19H20F3NO2. The van der Waals surface area contributed by atoms with Crippen molar-refractivity contribution in [2.45, 2.75) is 32.0 Å². The summed E-state index contributed by atoms with van der Waals surface area (Å²) in [6, 6.07) is 14.3. The zero-order valence-electron chi connectivity index (χ0n) is 13.8. The Kier molecular flexibility index (Phi) is 6.44. The van der Waals surface area contributed by atoms with Crippen LogP contribution >= 0.6 is 0 Å². The van der Waals surface area contributed by atoms with E-state index in [9.17, 15) is 18.0 Å². The Morgan fingerprint density at radius 2 is 1.84 bits per heavy atom. The first-order valence-corrected chi connectivity index (χ1v) is 7.98. The second kappa shape index (κ2) is 8.55. The predicted molar refractivity (Wildman–Crippen MR) is 89.3 cm³/mol. The SMILES string of the molecule is CC(CCc1ccccc1)NC(=O)COc1cccc(C(F)(F)F)c1. The molecule has 134 valence electrons. The number of ether oxygens (including phenoxy) is 1. The van der Waals surface area contributed by atoms with Gasteiger partial charge in [0.25, 0.3) is 5.91 Å². The normalized spacial score (nSPS) is 12.5. The first-order valence-electron chi connectivity index (χ1n) is 7.98. The van der Waals surface area contributed by atoms with Gasteiger partial charge in [-0.3, -0.25) is 4.79 Å². The number of hydrogen-bond acceptors (Lipinski definition) is 2. The number of nitrogens with one attached hydrogen (secondary N) is 1. The minimum absolute atomic E-state index is 0.0157. The highest BCUT2D eigenvalue weighted by Crippen LogP contribution is 2.31. The summed E-state index contributed by atoms with van der Waals surface area (Å²) >= 11 is 0. The quantitative estimate of drug-likeness (QED) is 0.811. The molecule has 0 aromatic heterocycles. The van der Waals surface area contributed by atoms with Crippen molar-refractivity contribution in [1.82, 2.24) is 5.32 Å². The van der Waals surface area contributed by atoms with E-state index in [0.29, 0.717) is 0 Å². The lowest BCUT2D eigenvalue weighted by Gasteiger charge is -2.15. The molecule has 1 N–H and O–H groups in total. The summed E-state index contributed by atoms with van der Waals surface area (Å²) in [4.78, 5) is 11.9. The van der Waals surface area contributed by atoms with Crippen LogP contribution in [0.4, 0.5) is 13.2 Å². The van der Waals surface area contributed by atoms with Crippen LogP contribution in [0.2, 0.25) is 0 Å². The number of carbonyl (C=O) groups excluding carboxylic acids is 1. The Balaban J connectivity index is 1.76. The van der Waals surface area contributed by atoms with E-state index in [1.54, 1.807) is 0 Å². The Hall–Kier alpha value is -2.50. The summed E-state index contributed by atoms with van der Waals surface area (Å²) in [5, 5.41) is 2.78. The van der Waals surface area contributed by atoms with Gasteiger partial charge < -0.3 is 10.1 Å². The molecule has 2 aromatic rings. The Morgan fingerprint density at radius 1 is 1.12 bits per heavy atom. The van der Waals surface area contributed by atoms with E-state index in [0.717, 1.165) is 25.0 Å². The molecule has 0 fully saturated rings. The average molecular weight is 351 g/mol. The van der Waals surface area contributed by atoms with Crippen molar-refractivity contribution >= 4 is 5.91 Å². The number of carbonyl (C=O) groups is 1. The number of benzene rings is 2. The fourth-order valence-electron chi connectivity index (χ4n) is 2.33. The maximum atomic E-state index is 12.6. The Labute approximate surface area is 144 Å². The Bertz CT molecular complexity index is 687. The molecule has 0 saturated heterocycles. The van der Waals surface area contributed by atoms with Gasteiger partial charge in [0.15, 0.2) is 6.61 Å². The van der Waals surface area contributed by atoms with Crippen molar-refractivity contribution in [3.8, 4) is 5.75 Å². The monoisotopic (exact) mass is 351 g/mol. The van der Waals surface area contributed by atoms with Crippen LogP contribution in [0.1, 0.15) is 24.5 Å². The second-order valence-electron chi connectivity index (χ2n) is 5.81. The van der Waals surface area contributed by atoms with Gasteiger partial charge in [-0.15, -0.1) is 0 Å². The van der Waals surface area contributed by atoms with Gasteiger partial charge in [0.1, 0.15) is 5.75 Å². The summed E-state index contributed by atoms with van der Waals surface area (Å²) in [5.41, 5.74) is 0.380. The number of alkyl halides is 3. The fraction of sp³-hybridized carbons (Fsp3) is 0.316. The molecule has 3 nitrogen and oxygen atoms in total. The van der Waals surface area contributed by atoms with Crippen molar-refractivity contribution in [3.63, 3.8) is 0 Å². The molecule has 0 aliphatic rings. The van der Waals surface area contributed by atoms with Gasteiger partial charge in [-0.2, -0.15) is 13.2 Å². The molecule has 0 heterocycles. The zero-order chi connectivity index (χ0) is 18.3. The lowest BCUT2D eigenvalue weighted by atomic mass is 10.1. The van der Waals surface area contributed by atoms with Gasteiger partial charge in [-0.05, 0) is 43.5 Å². The van der Waals surface area contributed by atoms with Crippen LogP contribution in [0.15, 0.2) is 54.6 Å². The van der Waals surface area contributed by atoms with E-state index in [1.807, 2.05) is 37.3 Å². The molecular weight excluding hydrogens is 331 g/mol. The van der Waals surface area contributed by atoms with E-state index in [1.165, 1.54) is 17.7 Å². The molecule has 6 heteroatoms. The second-order valence-corrected chi connectivity index (χ2v) is 5.81. The summed E-state index contributed by atoms with van der Waals surface area (Å²) in [6.07, 6.45) is -2.84. The predicted octanol–water partition coefficient (Wildman–Crippen LogP) is 4.22. The van der Waals surface area contributed by atoms with Crippen LogP contribution in [-0.4, -0.2) is 18.6 Å². The molecule has 0 bridgehead atoms. The lowest BCUT2D eigenvalue weighted by molar-refractivity contribution is -0.137. The van der Waals surface area contributed by atoms with Crippen molar-refractivity contribution < 1.29 is 22.7 Å². The molecule has 2 aromatic carbocycles. The fourth-order valence-corrected chi connectivity index (χ4v) is 2.33. The highest BCUT2D eigenvalue weighted by atomic mass is 19.4. The molecule has 0 radical (unpaired) electrons. The van der Waals surface area contributed by atoms with E-state index in [-0.39, 0.29) is 24.3 Å². The first kappa shape index (κ1) is 18.8. The van der Waals surface area contributed by atoms with Gasteiger partial charge in [0.2, 0.25) is 0 Å². The zero-order valence-corrected chi connectivity index (χ0v) is 13.8. The van der Waals surface area contributed by atoms with E-state index in [4.69, 9.17) is 4.74 Å². The molecule has 25 heavy (non-hydrogen) atoms. The highest BCUT2D eigenvalue weighted by molar-refractivity contribution is 5.77. The number of rotatable bonds is 7. The van der Waals surface area contributed by atoms with Crippen molar-refractivity contribution in [2.24, 2.45) is 0 Å².